The Morgan fingerprint density at radius 2 is 2.40 bits per heavy atom. The van der Waals surface area contributed by atoms with Gasteiger partial charge >= 0.3 is 0 Å². The summed E-state index contributed by atoms with van der Waals surface area (Å²) < 4.78 is 0. The summed E-state index contributed by atoms with van der Waals surface area (Å²) in [5, 5.41) is 3.42. The third-order valence-electron chi connectivity index (χ3n) is 2.80. The standard InChI is InChI=1S/C11H15N3S/c1-7(8-2-3-8)14-10-6-13-5-4-9(10)11(12)15/h4-8,14H,2-3H2,1H3,(H2,12,15). The fourth-order valence-electron chi connectivity index (χ4n) is 1.68. The monoisotopic (exact) mass is 221 g/mol. The number of rotatable bonds is 4. The van der Waals surface area contributed by atoms with Crippen LogP contribution in [0.3, 0.4) is 0 Å². The molecule has 1 aliphatic carbocycles. The third kappa shape index (κ3) is 2.45. The van der Waals surface area contributed by atoms with E-state index >= 15 is 0 Å². The molecule has 4 heteroatoms. The summed E-state index contributed by atoms with van der Waals surface area (Å²) in [6.45, 7) is 2.19. The summed E-state index contributed by atoms with van der Waals surface area (Å²) in [6.07, 6.45) is 6.13. The largest absolute Gasteiger partial charge is 0.389 e. The molecule has 1 heterocycles. The molecular weight excluding hydrogens is 206 g/mol. The molecule has 0 bridgehead atoms. The maximum atomic E-state index is 5.65. The van der Waals surface area contributed by atoms with Crippen molar-refractivity contribution in [3.05, 3.63) is 24.0 Å². The van der Waals surface area contributed by atoms with E-state index in [9.17, 15) is 0 Å². The molecule has 1 atom stereocenters. The molecule has 1 aliphatic rings. The van der Waals surface area contributed by atoms with Crippen LogP contribution in [0.1, 0.15) is 25.3 Å². The van der Waals surface area contributed by atoms with Gasteiger partial charge < -0.3 is 11.1 Å². The van der Waals surface area contributed by atoms with E-state index in [1.807, 2.05) is 6.07 Å². The van der Waals surface area contributed by atoms with Crippen molar-refractivity contribution in [3.63, 3.8) is 0 Å². The minimum Gasteiger partial charge on any atom is -0.389 e. The van der Waals surface area contributed by atoms with Crippen LogP contribution < -0.4 is 11.1 Å². The first-order valence-electron chi connectivity index (χ1n) is 5.19. The molecule has 15 heavy (non-hydrogen) atoms. The Bertz CT molecular complexity index is 374. The lowest BCUT2D eigenvalue weighted by atomic mass is 10.1. The number of nitrogens with zero attached hydrogens (tertiary/aromatic N) is 1. The predicted octanol–water partition coefficient (Wildman–Crippen LogP) is 1.93. The van der Waals surface area contributed by atoms with Gasteiger partial charge in [-0.25, -0.2) is 0 Å². The van der Waals surface area contributed by atoms with Gasteiger partial charge in [-0.1, -0.05) is 12.2 Å². The summed E-state index contributed by atoms with van der Waals surface area (Å²) in [7, 11) is 0. The number of anilines is 1. The van der Waals surface area contributed by atoms with Gasteiger partial charge in [0.2, 0.25) is 0 Å². The highest BCUT2D eigenvalue weighted by atomic mass is 32.1. The average molecular weight is 221 g/mol. The first kappa shape index (κ1) is 10.4. The molecule has 2 rings (SSSR count). The summed E-state index contributed by atoms with van der Waals surface area (Å²) >= 11 is 4.99. The molecular formula is C11H15N3S. The Labute approximate surface area is 95.1 Å². The molecule has 0 spiro atoms. The SMILES string of the molecule is CC(Nc1cnccc1C(N)=S)C1CC1. The van der Waals surface area contributed by atoms with Crippen molar-refractivity contribution in [3.8, 4) is 0 Å². The zero-order valence-corrected chi connectivity index (χ0v) is 9.55. The van der Waals surface area contributed by atoms with Crippen LogP contribution in [0.5, 0.6) is 0 Å². The van der Waals surface area contributed by atoms with Gasteiger partial charge in [-0.2, -0.15) is 0 Å². The molecule has 0 amide bonds. The molecule has 0 aliphatic heterocycles. The van der Waals surface area contributed by atoms with E-state index in [-0.39, 0.29) is 0 Å². The van der Waals surface area contributed by atoms with Crippen LogP contribution in [-0.4, -0.2) is 16.0 Å². The van der Waals surface area contributed by atoms with Crippen molar-refractivity contribution in [2.24, 2.45) is 11.7 Å². The van der Waals surface area contributed by atoms with Gasteiger partial charge in [-0.15, -0.1) is 0 Å². The molecule has 1 aromatic heterocycles. The number of aromatic nitrogens is 1. The number of nitrogens with one attached hydrogen (secondary N) is 1. The second kappa shape index (κ2) is 4.14. The highest BCUT2D eigenvalue weighted by Gasteiger charge is 2.28. The van der Waals surface area contributed by atoms with Crippen LogP contribution in [0.15, 0.2) is 18.5 Å². The van der Waals surface area contributed by atoms with Crippen molar-refractivity contribution >= 4 is 22.9 Å². The molecule has 0 saturated heterocycles. The van der Waals surface area contributed by atoms with Gasteiger partial charge in [0.1, 0.15) is 4.99 Å². The normalized spacial score (nSPS) is 17.1. The molecule has 1 saturated carbocycles. The first-order valence-corrected chi connectivity index (χ1v) is 5.59. The lowest BCUT2D eigenvalue weighted by molar-refractivity contribution is 0.693. The average Bonchev–Trinajstić information content (AvgIpc) is 3.01. The molecule has 3 nitrogen and oxygen atoms in total. The summed E-state index contributed by atoms with van der Waals surface area (Å²) in [5.74, 6) is 0.796. The van der Waals surface area contributed by atoms with Gasteiger partial charge in [-0.05, 0) is 31.7 Å². The fourth-order valence-corrected chi connectivity index (χ4v) is 1.86. The number of hydrogen-bond acceptors (Lipinski definition) is 3. The maximum absolute atomic E-state index is 5.65. The highest BCUT2D eigenvalue weighted by Crippen LogP contribution is 2.34. The molecule has 1 unspecified atom stereocenters. The Hall–Kier alpha value is -1.16. The number of thiocarbonyl (C=S) groups is 1. The van der Waals surface area contributed by atoms with E-state index in [0.717, 1.165) is 17.2 Å². The van der Waals surface area contributed by atoms with Crippen molar-refractivity contribution in [2.45, 2.75) is 25.8 Å². The van der Waals surface area contributed by atoms with Crippen LogP contribution in [0.2, 0.25) is 0 Å². The molecule has 80 valence electrons. The highest BCUT2D eigenvalue weighted by molar-refractivity contribution is 7.80. The van der Waals surface area contributed by atoms with E-state index in [4.69, 9.17) is 18.0 Å². The first-order chi connectivity index (χ1) is 7.18. The van der Waals surface area contributed by atoms with E-state index in [1.54, 1.807) is 12.4 Å². The van der Waals surface area contributed by atoms with Crippen molar-refractivity contribution in [1.82, 2.24) is 4.98 Å². The van der Waals surface area contributed by atoms with Crippen LogP contribution in [0.25, 0.3) is 0 Å². The van der Waals surface area contributed by atoms with Crippen LogP contribution in [0.4, 0.5) is 5.69 Å². The van der Waals surface area contributed by atoms with E-state index in [2.05, 4.69) is 17.2 Å². The smallest absolute Gasteiger partial charge is 0.106 e. The Morgan fingerprint density at radius 1 is 1.67 bits per heavy atom. The van der Waals surface area contributed by atoms with Crippen LogP contribution in [-0.2, 0) is 0 Å². The van der Waals surface area contributed by atoms with E-state index in [0.29, 0.717) is 11.0 Å². The third-order valence-corrected chi connectivity index (χ3v) is 3.02. The summed E-state index contributed by atoms with van der Waals surface area (Å²) in [4.78, 5) is 4.50. The Morgan fingerprint density at radius 3 is 3.00 bits per heavy atom. The van der Waals surface area contributed by atoms with Gasteiger partial charge in [0, 0.05) is 17.8 Å². The van der Waals surface area contributed by atoms with Crippen LogP contribution in [0, 0.1) is 5.92 Å². The Balaban J connectivity index is 2.15. The number of pyridine rings is 1. The molecule has 0 radical (unpaired) electrons. The van der Waals surface area contributed by atoms with Gasteiger partial charge in [0.05, 0.1) is 11.9 Å². The lowest BCUT2D eigenvalue weighted by Gasteiger charge is -2.16. The lowest BCUT2D eigenvalue weighted by Crippen LogP contribution is -2.21. The number of nitrogens with two attached hydrogens (primary N) is 1. The zero-order valence-electron chi connectivity index (χ0n) is 8.73. The molecule has 3 N–H and O–H groups in total. The zero-order chi connectivity index (χ0) is 10.8. The fraction of sp³-hybridized carbons (Fsp3) is 0.455. The molecule has 1 aromatic rings. The molecule has 0 aromatic carbocycles. The topological polar surface area (TPSA) is 50.9 Å². The summed E-state index contributed by atoms with van der Waals surface area (Å²) in [5.41, 5.74) is 7.48. The van der Waals surface area contributed by atoms with Gasteiger partial charge in [0.25, 0.3) is 0 Å². The van der Waals surface area contributed by atoms with Crippen molar-refractivity contribution < 1.29 is 0 Å². The van der Waals surface area contributed by atoms with Gasteiger partial charge in [-0.3, -0.25) is 4.98 Å². The van der Waals surface area contributed by atoms with E-state index < -0.39 is 0 Å². The molecule has 1 fully saturated rings. The van der Waals surface area contributed by atoms with Crippen molar-refractivity contribution in [2.75, 3.05) is 5.32 Å². The predicted molar refractivity (Wildman–Crippen MR) is 65.9 cm³/mol. The minimum absolute atomic E-state index is 0.419. The summed E-state index contributed by atoms with van der Waals surface area (Å²) in [6, 6.07) is 2.33. The van der Waals surface area contributed by atoms with Crippen molar-refractivity contribution in [1.29, 1.82) is 0 Å². The van der Waals surface area contributed by atoms with Crippen LogP contribution >= 0.6 is 12.2 Å². The maximum Gasteiger partial charge on any atom is 0.106 e. The van der Waals surface area contributed by atoms with Gasteiger partial charge in [0.15, 0.2) is 0 Å². The quantitative estimate of drug-likeness (QED) is 0.763. The second-order valence-electron chi connectivity index (χ2n) is 4.06. The Kier molecular flexibility index (Phi) is 2.86. The number of hydrogen-bond donors (Lipinski definition) is 2. The minimum atomic E-state index is 0.419. The second-order valence-corrected chi connectivity index (χ2v) is 4.50. The van der Waals surface area contributed by atoms with E-state index in [1.165, 1.54) is 12.8 Å².